The van der Waals surface area contributed by atoms with Crippen molar-refractivity contribution in [2.24, 2.45) is 0 Å². The summed E-state index contributed by atoms with van der Waals surface area (Å²) in [5.41, 5.74) is 1.58. The zero-order valence-electron chi connectivity index (χ0n) is 14.7. The summed E-state index contributed by atoms with van der Waals surface area (Å²) in [4.78, 5) is 27.9. The lowest BCUT2D eigenvalue weighted by atomic mass is 9.98. The number of thiazole rings is 1. The standard InChI is InChI=1S/C19H21N5OS/c1-2-20-19-21-10-14(11-22-19)18(25)24-9-5-6-13(12-24)17-23-15-7-3-4-8-16(15)26-17/h3-4,7-8,10-11,13H,2,5-6,9,12H2,1H3,(H,20,21,22)/t13-/m0/s1. The minimum Gasteiger partial charge on any atom is -0.355 e. The van der Waals surface area contributed by atoms with E-state index in [-0.39, 0.29) is 5.91 Å². The summed E-state index contributed by atoms with van der Waals surface area (Å²) in [6, 6.07) is 8.20. The van der Waals surface area contributed by atoms with Crippen molar-refractivity contribution in [3.05, 3.63) is 47.2 Å². The second-order valence-corrected chi connectivity index (χ2v) is 7.50. The van der Waals surface area contributed by atoms with Crippen LogP contribution >= 0.6 is 11.3 Å². The van der Waals surface area contributed by atoms with Crippen LogP contribution in [0.1, 0.15) is 41.0 Å². The highest BCUT2D eigenvalue weighted by Crippen LogP contribution is 2.33. The Morgan fingerprint density at radius 1 is 1.31 bits per heavy atom. The van der Waals surface area contributed by atoms with E-state index in [2.05, 4.69) is 21.4 Å². The van der Waals surface area contributed by atoms with Gasteiger partial charge in [-0.2, -0.15) is 0 Å². The molecule has 1 aliphatic rings. The SMILES string of the molecule is CCNc1ncc(C(=O)N2CCC[C@H](c3nc4ccccc4s3)C2)cn1. The molecule has 1 atom stereocenters. The van der Waals surface area contributed by atoms with Gasteiger partial charge in [0, 0.05) is 37.9 Å². The fraction of sp³-hybridized carbons (Fsp3) is 0.368. The molecule has 0 bridgehead atoms. The number of hydrogen-bond donors (Lipinski definition) is 1. The molecule has 0 spiro atoms. The van der Waals surface area contributed by atoms with Crippen molar-refractivity contribution in [1.82, 2.24) is 19.9 Å². The molecule has 1 amide bonds. The van der Waals surface area contributed by atoms with Crippen LogP contribution in [-0.4, -0.2) is 45.4 Å². The Balaban J connectivity index is 1.49. The molecule has 0 unspecified atom stereocenters. The van der Waals surface area contributed by atoms with E-state index in [1.54, 1.807) is 23.7 Å². The highest BCUT2D eigenvalue weighted by molar-refractivity contribution is 7.18. The molecule has 1 aliphatic heterocycles. The van der Waals surface area contributed by atoms with E-state index in [9.17, 15) is 4.79 Å². The maximum Gasteiger partial charge on any atom is 0.257 e. The van der Waals surface area contributed by atoms with Crippen LogP contribution < -0.4 is 5.32 Å². The smallest absolute Gasteiger partial charge is 0.257 e. The molecule has 3 heterocycles. The lowest BCUT2D eigenvalue weighted by Crippen LogP contribution is -2.39. The van der Waals surface area contributed by atoms with Gasteiger partial charge in [0.2, 0.25) is 5.95 Å². The van der Waals surface area contributed by atoms with Crippen molar-refractivity contribution in [2.75, 3.05) is 25.0 Å². The summed E-state index contributed by atoms with van der Waals surface area (Å²) < 4.78 is 1.21. The first-order chi connectivity index (χ1) is 12.7. The van der Waals surface area contributed by atoms with Gasteiger partial charge < -0.3 is 10.2 Å². The summed E-state index contributed by atoms with van der Waals surface area (Å²) in [7, 11) is 0. The molecular weight excluding hydrogens is 346 g/mol. The number of carbonyl (C=O) groups is 1. The van der Waals surface area contributed by atoms with Crippen molar-refractivity contribution < 1.29 is 4.79 Å². The van der Waals surface area contributed by atoms with E-state index in [4.69, 9.17) is 4.98 Å². The van der Waals surface area contributed by atoms with Crippen LogP contribution in [0.25, 0.3) is 10.2 Å². The third kappa shape index (κ3) is 3.39. The van der Waals surface area contributed by atoms with E-state index >= 15 is 0 Å². The quantitative estimate of drug-likeness (QED) is 0.764. The van der Waals surface area contributed by atoms with Crippen LogP contribution in [0.15, 0.2) is 36.7 Å². The average Bonchev–Trinajstić information content (AvgIpc) is 3.13. The number of benzene rings is 1. The summed E-state index contributed by atoms with van der Waals surface area (Å²) in [6.07, 6.45) is 5.27. The van der Waals surface area contributed by atoms with E-state index in [0.717, 1.165) is 36.5 Å². The number of carbonyl (C=O) groups excluding carboxylic acids is 1. The highest BCUT2D eigenvalue weighted by atomic mass is 32.1. The van der Waals surface area contributed by atoms with Crippen molar-refractivity contribution in [1.29, 1.82) is 0 Å². The number of piperidine rings is 1. The molecule has 4 rings (SSSR count). The molecule has 0 radical (unpaired) electrons. The van der Waals surface area contributed by atoms with Crippen molar-refractivity contribution in [3.8, 4) is 0 Å². The molecule has 0 saturated carbocycles. The first kappa shape index (κ1) is 16.9. The number of nitrogens with zero attached hydrogens (tertiary/aromatic N) is 4. The van der Waals surface area contributed by atoms with Crippen LogP contribution in [0.2, 0.25) is 0 Å². The summed E-state index contributed by atoms with van der Waals surface area (Å²) in [5.74, 6) is 0.848. The van der Waals surface area contributed by atoms with Crippen LogP contribution in [0.5, 0.6) is 0 Å². The molecular formula is C19H21N5OS. The third-order valence-electron chi connectivity index (χ3n) is 4.60. The molecule has 1 N–H and O–H groups in total. The van der Waals surface area contributed by atoms with Gasteiger partial charge in [-0.15, -0.1) is 11.3 Å². The van der Waals surface area contributed by atoms with Gasteiger partial charge in [-0.1, -0.05) is 12.1 Å². The summed E-state index contributed by atoms with van der Waals surface area (Å²) in [5, 5.41) is 4.17. The van der Waals surface area contributed by atoms with Crippen LogP contribution in [0.3, 0.4) is 0 Å². The number of aromatic nitrogens is 3. The minimum atomic E-state index is -0.00106. The van der Waals surface area contributed by atoms with Gasteiger partial charge in [0.05, 0.1) is 20.8 Å². The van der Waals surface area contributed by atoms with Gasteiger partial charge >= 0.3 is 0 Å². The Morgan fingerprint density at radius 3 is 2.88 bits per heavy atom. The molecule has 3 aromatic rings. The number of likely N-dealkylation sites (tertiary alicyclic amines) is 1. The maximum atomic E-state index is 12.8. The summed E-state index contributed by atoms with van der Waals surface area (Å²) in [6.45, 7) is 4.21. The zero-order valence-corrected chi connectivity index (χ0v) is 15.5. The third-order valence-corrected chi connectivity index (χ3v) is 5.80. The molecule has 1 saturated heterocycles. The molecule has 0 aliphatic carbocycles. The lowest BCUT2D eigenvalue weighted by molar-refractivity contribution is 0.0706. The first-order valence-corrected chi connectivity index (χ1v) is 9.77. The lowest BCUT2D eigenvalue weighted by Gasteiger charge is -2.31. The van der Waals surface area contributed by atoms with Gasteiger partial charge in [-0.25, -0.2) is 15.0 Å². The molecule has 7 heteroatoms. The van der Waals surface area contributed by atoms with Gasteiger partial charge in [0.15, 0.2) is 0 Å². The number of rotatable bonds is 4. The molecule has 26 heavy (non-hydrogen) atoms. The molecule has 1 fully saturated rings. The van der Waals surface area contributed by atoms with E-state index in [0.29, 0.717) is 24.0 Å². The Morgan fingerprint density at radius 2 is 2.12 bits per heavy atom. The second kappa shape index (κ2) is 7.37. The average molecular weight is 367 g/mol. The van der Waals surface area contributed by atoms with Gasteiger partial charge in [-0.3, -0.25) is 4.79 Å². The van der Waals surface area contributed by atoms with Crippen LogP contribution in [0, 0.1) is 0 Å². The number of nitrogens with one attached hydrogen (secondary N) is 1. The molecule has 6 nitrogen and oxygen atoms in total. The fourth-order valence-corrected chi connectivity index (χ4v) is 4.39. The normalized spacial score (nSPS) is 17.4. The maximum absolute atomic E-state index is 12.8. The topological polar surface area (TPSA) is 71.0 Å². The van der Waals surface area contributed by atoms with Crippen molar-refractivity contribution >= 4 is 33.4 Å². The Bertz CT molecular complexity index is 875. The number of fused-ring (bicyclic) bond motifs is 1. The highest BCUT2D eigenvalue weighted by Gasteiger charge is 2.27. The fourth-order valence-electron chi connectivity index (χ4n) is 3.30. The van der Waals surface area contributed by atoms with Crippen molar-refractivity contribution in [2.45, 2.75) is 25.7 Å². The molecule has 1 aromatic carbocycles. The minimum absolute atomic E-state index is 0.00106. The Hall–Kier alpha value is -2.54. The predicted molar refractivity (Wildman–Crippen MR) is 104 cm³/mol. The predicted octanol–water partition coefficient (Wildman–Crippen LogP) is 3.54. The van der Waals surface area contributed by atoms with E-state index < -0.39 is 0 Å². The number of anilines is 1. The number of amides is 1. The largest absolute Gasteiger partial charge is 0.355 e. The molecule has 134 valence electrons. The van der Waals surface area contributed by atoms with Gasteiger partial charge in [0.25, 0.3) is 5.91 Å². The second-order valence-electron chi connectivity index (χ2n) is 6.44. The van der Waals surface area contributed by atoms with Gasteiger partial charge in [-0.05, 0) is 31.9 Å². The van der Waals surface area contributed by atoms with E-state index in [1.165, 1.54) is 4.70 Å². The Kier molecular flexibility index (Phi) is 4.79. The molecule has 2 aromatic heterocycles. The van der Waals surface area contributed by atoms with Crippen molar-refractivity contribution in [3.63, 3.8) is 0 Å². The van der Waals surface area contributed by atoms with E-state index in [1.807, 2.05) is 30.0 Å². The summed E-state index contributed by atoms with van der Waals surface area (Å²) >= 11 is 1.74. The number of hydrogen-bond acceptors (Lipinski definition) is 6. The first-order valence-electron chi connectivity index (χ1n) is 8.95. The Labute approximate surface area is 156 Å². The van der Waals surface area contributed by atoms with Gasteiger partial charge in [0.1, 0.15) is 0 Å². The monoisotopic (exact) mass is 367 g/mol. The van der Waals surface area contributed by atoms with Crippen LogP contribution in [-0.2, 0) is 0 Å². The number of para-hydroxylation sites is 1. The van der Waals surface area contributed by atoms with Crippen LogP contribution in [0.4, 0.5) is 5.95 Å². The zero-order chi connectivity index (χ0) is 17.9.